The maximum absolute atomic E-state index is 11.4. The van der Waals surface area contributed by atoms with E-state index in [-0.39, 0.29) is 6.03 Å². The van der Waals surface area contributed by atoms with Gasteiger partial charge in [0.2, 0.25) is 0 Å². The lowest BCUT2D eigenvalue weighted by Gasteiger charge is -2.02. The number of anilines is 1. The van der Waals surface area contributed by atoms with Crippen LogP contribution < -0.4 is 5.32 Å². The van der Waals surface area contributed by atoms with E-state index in [0.29, 0.717) is 5.82 Å². The molecular weight excluding hydrogens is 180 g/mol. The summed E-state index contributed by atoms with van der Waals surface area (Å²) in [4.78, 5) is 15.4. The fraction of sp³-hybridized carbons (Fsp3) is 0. The van der Waals surface area contributed by atoms with Crippen LogP contribution in [-0.4, -0.2) is 20.8 Å². The second-order valence-corrected chi connectivity index (χ2v) is 2.60. The van der Waals surface area contributed by atoms with Gasteiger partial charge in [-0.05, 0) is 18.2 Å². The molecule has 0 aromatic carbocycles. The third-order valence-electron chi connectivity index (χ3n) is 1.61. The summed E-state index contributed by atoms with van der Waals surface area (Å²) in [7, 11) is 0. The molecule has 0 fully saturated rings. The quantitative estimate of drug-likeness (QED) is 0.735. The Morgan fingerprint density at radius 2 is 2.21 bits per heavy atom. The number of hydrogen-bond acceptors (Lipinski definition) is 3. The van der Waals surface area contributed by atoms with Gasteiger partial charge in [-0.25, -0.2) is 9.78 Å². The molecule has 70 valence electrons. The Hall–Kier alpha value is -2.17. The summed E-state index contributed by atoms with van der Waals surface area (Å²) < 4.78 is 1.20. The third kappa shape index (κ3) is 1.77. The molecule has 0 bridgehead atoms. The standard InChI is InChI=1S/C9H8N4O/c14-9(13-7-3-6-11-13)12-8-4-1-2-5-10-8/h1-7H,(H,10,12,14). The molecule has 2 rings (SSSR count). The van der Waals surface area contributed by atoms with Gasteiger partial charge in [0.25, 0.3) is 0 Å². The molecule has 0 saturated heterocycles. The average Bonchev–Trinajstić information content (AvgIpc) is 2.72. The Labute approximate surface area is 80.4 Å². The number of nitrogens with one attached hydrogen (secondary N) is 1. The lowest BCUT2D eigenvalue weighted by atomic mass is 10.5. The van der Waals surface area contributed by atoms with Crippen LogP contribution in [0.25, 0.3) is 0 Å². The van der Waals surface area contributed by atoms with Crippen LogP contribution in [-0.2, 0) is 0 Å². The van der Waals surface area contributed by atoms with Gasteiger partial charge in [-0.1, -0.05) is 6.07 Å². The normalized spacial score (nSPS) is 9.71. The molecule has 0 aliphatic carbocycles. The van der Waals surface area contributed by atoms with Gasteiger partial charge in [-0.2, -0.15) is 9.78 Å². The summed E-state index contributed by atoms with van der Waals surface area (Å²) >= 11 is 0. The van der Waals surface area contributed by atoms with E-state index in [1.807, 2.05) is 0 Å². The second kappa shape index (κ2) is 3.69. The Bertz CT molecular complexity index is 410. The summed E-state index contributed by atoms with van der Waals surface area (Å²) in [5.74, 6) is 0.507. The van der Waals surface area contributed by atoms with Crippen molar-refractivity contribution in [1.82, 2.24) is 14.8 Å². The highest BCUT2D eigenvalue weighted by atomic mass is 16.2. The third-order valence-corrected chi connectivity index (χ3v) is 1.61. The van der Waals surface area contributed by atoms with E-state index < -0.39 is 0 Å². The Kier molecular flexibility index (Phi) is 2.22. The molecule has 0 saturated carbocycles. The van der Waals surface area contributed by atoms with E-state index in [9.17, 15) is 4.79 Å². The first-order chi connectivity index (χ1) is 6.86. The minimum atomic E-state index is -0.325. The molecular formula is C9H8N4O. The summed E-state index contributed by atoms with van der Waals surface area (Å²) in [6.45, 7) is 0. The largest absolute Gasteiger partial charge is 0.347 e. The Morgan fingerprint density at radius 3 is 2.86 bits per heavy atom. The van der Waals surface area contributed by atoms with Crippen molar-refractivity contribution in [2.45, 2.75) is 0 Å². The van der Waals surface area contributed by atoms with Crippen molar-refractivity contribution in [3.05, 3.63) is 42.9 Å². The van der Waals surface area contributed by atoms with Crippen molar-refractivity contribution in [3.63, 3.8) is 0 Å². The van der Waals surface area contributed by atoms with Crippen molar-refractivity contribution in [1.29, 1.82) is 0 Å². The molecule has 5 heteroatoms. The van der Waals surface area contributed by atoms with Gasteiger partial charge in [0.05, 0.1) is 0 Å². The molecule has 0 aliphatic heterocycles. The predicted molar refractivity (Wildman–Crippen MR) is 50.9 cm³/mol. The number of nitrogens with zero attached hydrogens (tertiary/aromatic N) is 3. The van der Waals surface area contributed by atoms with Crippen LogP contribution in [0.5, 0.6) is 0 Å². The average molecular weight is 188 g/mol. The van der Waals surface area contributed by atoms with Crippen molar-refractivity contribution >= 4 is 11.8 Å². The van der Waals surface area contributed by atoms with E-state index in [1.165, 1.54) is 10.9 Å². The van der Waals surface area contributed by atoms with Crippen molar-refractivity contribution in [3.8, 4) is 0 Å². The van der Waals surface area contributed by atoms with Crippen molar-refractivity contribution in [2.24, 2.45) is 0 Å². The highest BCUT2D eigenvalue weighted by Crippen LogP contribution is 2.00. The van der Waals surface area contributed by atoms with Crippen LogP contribution in [0.4, 0.5) is 10.6 Å². The summed E-state index contributed by atoms with van der Waals surface area (Å²) in [6, 6.07) is 6.64. The molecule has 1 N–H and O–H groups in total. The lowest BCUT2D eigenvalue weighted by molar-refractivity contribution is 0.251. The van der Waals surface area contributed by atoms with Crippen molar-refractivity contribution in [2.75, 3.05) is 5.32 Å². The smallest absolute Gasteiger partial charge is 0.290 e. The highest BCUT2D eigenvalue weighted by Gasteiger charge is 2.03. The first kappa shape index (κ1) is 8.43. The molecule has 1 amide bonds. The van der Waals surface area contributed by atoms with E-state index in [2.05, 4.69) is 15.4 Å². The fourth-order valence-corrected chi connectivity index (χ4v) is 0.992. The number of aromatic nitrogens is 3. The number of carbonyl (C=O) groups is 1. The molecule has 2 aromatic heterocycles. The van der Waals surface area contributed by atoms with Crippen LogP contribution in [0.3, 0.4) is 0 Å². The number of hydrogen-bond donors (Lipinski definition) is 1. The van der Waals surface area contributed by atoms with Crippen LogP contribution in [0.15, 0.2) is 42.9 Å². The molecule has 0 aliphatic rings. The Balaban J connectivity index is 2.10. The molecule has 5 nitrogen and oxygen atoms in total. The minimum Gasteiger partial charge on any atom is -0.290 e. The number of pyridine rings is 1. The van der Waals surface area contributed by atoms with Gasteiger partial charge < -0.3 is 0 Å². The first-order valence-electron chi connectivity index (χ1n) is 4.08. The highest BCUT2D eigenvalue weighted by molar-refractivity contribution is 5.89. The fourth-order valence-electron chi connectivity index (χ4n) is 0.992. The molecule has 2 aromatic rings. The topological polar surface area (TPSA) is 59.8 Å². The van der Waals surface area contributed by atoms with E-state index in [0.717, 1.165) is 0 Å². The molecule has 0 radical (unpaired) electrons. The molecule has 0 unspecified atom stereocenters. The number of amides is 1. The maximum atomic E-state index is 11.4. The van der Waals surface area contributed by atoms with Crippen LogP contribution in [0.2, 0.25) is 0 Å². The monoisotopic (exact) mass is 188 g/mol. The van der Waals surface area contributed by atoms with Gasteiger partial charge in [-0.3, -0.25) is 5.32 Å². The molecule has 14 heavy (non-hydrogen) atoms. The van der Waals surface area contributed by atoms with Gasteiger partial charge >= 0.3 is 6.03 Å². The van der Waals surface area contributed by atoms with E-state index >= 15 is 0 Å². The lowest BCUT2D eigenvalue weighted by Crippen LogP contribution is -2.20. The van der Waals surface area contributed by atoms with Crippen LogP contribution in [0, 0.1) is 0 Å². The molecule has 2 heterocycles. The maximum Gasteiger partial charge on any atom is 0.347 e. The number of carbonyl (C=O) groups excluding carboxylic acids is 1. The zero-order valence-electron chi connectivity index (χ0n) is 7.29. The van der Waals surface area contributed by atoms with Gasteiger partial charge in [0, 0.05) is 18.6 Å². The molecule has 0 atom stereocenters. The van der Waals surface area contributed by atoms with Gasteiger partial charge in [-0.15, -0.1) is 0 Å². The zero-order valence-corrected chi connectivity index (χ0v) is 7.29. The summed E-state index contributed by atoms with van der Waals surface area (Å²) in [5, 5.41) is 6.38. The van der Waals surface area contributed by atoms with E-state index in [4.69, 9.17) is 0 Å². The Morgan fingerprint density at radius 1 is 1.29 bits per heavy atom. The SMILES string of the molecule is O=C(Nc1ccccn1)n1cccn1. The van der Waals surface area contributed by atoms with Crippen LogP contribution >= 0.6 is 0 Å². The molecule has 0 spiro atoms. The summed E-state index contributed by atoms with van der Waals surface area (Å²) in [6.07, 6.45) is 4.72. The minimum absolute atomic E-state index is 0.325. The zero-order chi connectivity index (χ0) is 9.80. The number of rotatable bonds is 1. The van der Waals surface area contributed by atoms with Crippen LogP contribution in [0.1, 0.15) is 0 Å². The van der Waals surface area contributed by atoms with Gasteiger partial charge in [0.15, 0.2) is 0 Å². The first-order valence-corrected chi connectivity index (χ1v) is 4.08. The second-order valence-electron chi connectivity index (χ2n) is 2.60. The van der Waals surface area contributed by atoms with E-state index in [1.54, 1.807) is 36.7 Å². The van der Waals surface area contributed by atoms with Crippen molar-refractivity contribution < 1.29 is 4.79 Å². The summed E-state index contributed by atoms with van der Waals surface area (Å²) in [5.41, 5.74) is 0. The van der Waals surface area contributed by atoms with Gasteiger partial charge in [0.1, 0.15) is 5.82 Å². The predicted octanol–water partition coefficient (Wildman–Crippen LogP) is 1.36.